The highest BCUT2D eigenvalue weighted by atomic mass is 35.5. The lowest BCUT2D eigenvalue weighted by Crippen LogP contribution is -2.51. The maximum Gasteiger partial charge on any atom is 0.264 e. The van der Waals surface area contributed by atoms with Gasteiger partial charge < -0.3 is 10.2 Å². The van der Waals surface area contributed by atoms with Crippen LogP contribution in [0.5, 0.6) is 0 Å². The summed E-state index contributed by atoms with van der Waals surface area (Å²) >= 11 is 12.4. The van der Waals surface area contributed by atoms with Crippen LogP contribution in [0.15, 0.2) is 77.7 Å². The minimum atomic E-state index is -4.19. The summed E-state index contributed by atoms with van der Waals surface area (Å²) in [5.74, 6) is -0.875. The third kappa shape index (κ3) is 7.28. The average molecular weight is 577 g/mol. The molecule has 7 nitrogen and oxygen atoms in total. The first-order valence-corrected chi connectivity index (χ1v) is 14.4. The summed E-state index contributed by atoms with van der Waals surface area (Å²) in [4.78, 5) is 28.2. The van der Waals surface area contributed by atoms with E-state index in [0.717, 1.165) is 21.9 Å². The lowest BCUT2D eigenvalue weighted by Gasteiger charge is -2.32. The van der Waals surface area contributed by atoms with Gasteiger partial charge in [-0.15, -0.1) is 0 Å². The predicted octanol–water partition coefficient (Wildman–Crippen LogP) is 5.44. The Morgan fingerprint density at radius 1 is 0.947 bits per heavy atom. The molecule has 0 saturated heterocycles. The van der Waals surface area contributed by atoms with Gasteiger partial charge in [0.15, 0.2) is 0 Å². The molecule has 2 amide bonds. The van der Waals surface area contributed by atoms with E-state index in [1.54, 1.807) is 25.1 Å². The van der Waals surface area contributed by atoms with Crippen molar-refractivity contribution in [2.45, 2.75) is 44.7 Å². The summed E-state index contributed by atoms with van der Waals surface area (Å²) in [5, 5.41) is 3.26. The SMILES string of the molecule is CCCNC(=O)C(C)N(Cc1ccccc1C)C(=O)CN(c1cc(Cl)cc(Cl)c1)S(=O)(=O)c1ccccc1. The first kappa shape index (κ1) is 29.5. The number of rotatable bonds is 11. The van der Waals surface area contributed by atoms with E-state index in [4.69, 9.17) is 23.2 Å². The summed E-state index contributed by atoms with van der Waals surface area (Å²) < 4.78 is 28.5. The summed E-state index contributed by atoms with van der Waals surface area (Å²) in [6, 6.07) is 18.8. The van der Waals surface area contributed by atoms with E-state index in [0.29, 0.717) is 6.54 Å². The number of benzene rings is 3. The second-order valence-electron chi connectivity index (χ2n) is 8.87. The van der Waals surface area contributed by atoms with Gasteiger partial charge in [0.1, 0.15) is 12.6 Å². The van der Waals surface area contributed by atoms with Gasteiger partial charge in [-0.05, 0) is 61.7 Å². The highest BCUT2D eigenvalue weighted by molar-refractivity contribution is 7.92. The highest BCUT2D eigenvalue weighted by Crippen LogP contribution is 2.30. The number of halogens is 2. The van der Waals surface area contributed by atoms with Gasteiger partial charge in [-0.1, -0.05) is 72.6 Å². The number of hydrogen-bond donors (Lipinski definition) is 1. The van der Waals surface area contributed by atoms with Gasteiger partial charge in [0.25, 0.3) is 10.0 Å². The van der Waals surface area contributed by atoms with Gasteiger partial charge in [-0.3, -0.25) is 13.9 Å². The molecule has 0 bridgehead atoms. The van der Waals surface area contributed by atoms with E-state index in [2.05, 4.69) is 5.32 Å². The average Bonchev–Trinajstić information content (AvgIpc) is 2.89. The molecule has 3 aromatic carbocycles. The monoisotopic (exact) mass is 575 g/mol. The Hall–Kier alpha value is -3.07. The summed E-state index contributed by atoms with van der Waals surface area (Å²) in [6.07, 6.45) is 0.739. The molecule has 0 aromatic heterocycles. The van der Waals surface area contributed by atoms with E-state index in [1.165, 1.54) is 35.2 Å². The maximum atomic E-state index is 13.9. The zero-order valence-corrected chi connectivity index (χ0v) is 23.9. The van der Waals surface area contributed by atoms with E-state index in [1.807, 2.05) is 38.1 Å². The molecule has 0 spiro atoms. The van der Waals surface area contributed by atoms with E-state index in [9.17, 15) is 18.0 Å². The molecule has 10 heteroatoms. The molecule has 0 saturated carbocycles. The number of hydrogen-bond acceptors (Lipinski definition) is 4. The number of amides is 2. The molecule has 1 unspecified atom stereocenters. The first-order valence-electron chi connectivity index (χ1n) is 12.2. The van der Waals surface area contributed by atoms with Crippen molar-refractivity contribution in [3.63, 3.8) is 0 Å². The molecular formula is C28H31Cl2N3O4S. The number of carbonyl (C=O) groups excluding carboxylic acids is 2. The van der Waals surface area contributed by atoms with Crippen LogP contribution in [0.2, 0.25) is 10.0 Å². The van der Waals surface area contributed by atoms with E-state index >= 15 is 0 Å². The Kier molecular flexibility index (Phi) is 10.2. The summed E-state index contributed by atoms with van der Waals surface area (Å²) in [5.41, 5.74) is 1.93. The number of carbonyl (C=O) groups is 2. The van der Waals surface area contributed by atoms with Crippen molar-refractivity contribution in [2.24, 2.45) is 0 Å². The molecule has 0 aliphatic heterocycles. The fourth-order valence-electron chi connectivity index (χ4n) is 3.88. The van der Waals surface area contributed by atoms with Crippen molar-refractivity contribution in [1.82, 2.24) is 10.2 Å². The summed E-state index contributed by atoms with van der Waals surface area (Å²) in [6.45, 7) is 5.51. The third-order valence-corrected chi connectivity index (χ3v) is 8.29. The highest BCUT2D eigenvalue weighted by Gasteiger charge is 2.32. The van der Waals surface area contributed by atoms with Crippen molar-refractivity contribution < 1.29 is 18.0 Å². The van der Waals surface area contributed by atoms with Crippen molar-refractivity contribution in [2.75, 3.05) is 17.4 Å². The van der Waals surface area contributed by atoms with Crippen LogP contribution in [0.3, 0.4) is 0 Å². The second-order valence-corrected chi connectivity index (χ2v) is 11.6. The van der Waals surface area contributed by atoms with Gasteiger partial charge in [0.2, 0.25) is 11.8 Å². The number of nitrogens with one attached hydrogen (secondary N) is 1. The van der Waals surface area contributed by atoms with Gasteiger partial charge in [-0.2, -0.15) is 0 Å². The van der Waals surface area contributed by atoms with Crippen LogP contribution >= 0.6 is 23.2 Å². The molecule has 0 heterocycles. The zero-order valence-electron chi connectivity index (χ0n) is 21.5. The number of nitrogens with zero attached hydrogens (tertiary/aromatic N) is 2. The van der Waals surface area contributed by atoms with Gasteiger partial charge in [-0.25, -0.2) is 8.42 Å². The lowest BCUT2D eigenvalue weighted by molar-refractivity contribution is -0.139. The van der Waals surface area contributed by atoms with Gasteiger partial charge in [0.05, 0.1) is 10.6 Å². The number of sulfonamides is 1. The Balaban J connectivity index is 2.05. The fourth-order valence-corrected chi connectivity index (χ4v) is 5.81. The molecule has 3 aromatic rings. The number of anilines is 1. The minimum absolute atomic E-state index is 0.00286. The summed E-state index contributed by atoms with van der Waals surface area (Å²) in [7, 11) is -4.19. The molecule has 1 N–H and O–H groups in total. The Morgan fingerprint density at radius 2 is 1.55 bits per heavy atom. The normalized spacial score (nSPS) is 12.0. The van der Waals surface area contributed by atoms with Crippen LogP contribution in [0, 0.1) is 6.92 Å². The third-order valence-electron chi connectivity index (χ3n) is 6.06. The van der Waals surface area contributed by atoms with Crippen LogP contribution in [0.25, 0.3) is 0 Å². The molecular weight excluding hydrogens is 545 g/mol. The van der Waals surface area contributed by atoms with Crippen LogP contribution in [-0.4, -0.2) is 44.3 Å². The minimum Gasteiger partial charge on any atom is -0.354 e. The largest absolute Gasteiger partial charge is 0.354 e. The van der Waals surface area contributed by atoms with Crippen molar-refractivity contribution >= 4 is 50.7 Å². The van der Waals surface area contributed by atoms with Crippen LogP contribution in [0.1, 0.15) is 31.4 Å². The molecule has 1 atom stereocenters. The molecule has 202 valence electrons. The van der Waals surface area contributed by atoms with E-state index < -0.39 is 28.5 Å². The first-order chi connectivity index (χ1) is 18.0. The van der Waals surface area contributed by atoms with Gasteiger partial charge in [0, 0.05) is 23.1 Å². The second kappa shape index (κ2) is 13.1. The molecule has 3 rings (SSSR count). The van der Waals surface area contributed by atoms with Crippen LogP contribution in [0.4, 0.5) is 5.69 Å². The van der Waals surface area contributed by atoms with Gasteiger partial charge >= 0.3 is 0 Å². The maximum absolute atomic E-state index is 13.9. The van der Waals surface area contributed by atoms with Crippen molar-refractivity contribution in [3.8, 4) is 0 Å². The number of aryl methyl sites for hydroxylation is 1. The predicted molar refractivity (Wildman–Crippen MR) is 152 cm³/mol. The molecule has 38 heavy (non-hydrogen) atoms. The molecule has 0 aliphatic carbocycles. The quantitative estimate of drug-likeness (QED) is 0.330. The molecule has 0 aliphatic rings. The smallest absolute Gasteiger partial charge is 0.264 e. The fraction of sp³-hybridized carbons (Fsp3) is 0.286. The van der Waals surface area contributed by atoms with Crippen molar-refractivity contribution in [3.05, 3.63) is 94.0 Å². The van der Waals surface area contributed by atoms with Crippen molar-refractivity contribution in [1.29, 1.82) is 0 Å². The Bertz CT molecular complexity index is 1360. The standard InChI is InChI=1S/C28H31Cl2N3O4S/c1-4-14-31-28(35)21(3)32(18-22-11-9-8-10-20(22)2)27(34)19-33(25-16-23(29)15-24(30)17-25)38(36,37)26-12-6-5-7-13-26/h5-13,15-17,21H,4,14,18-19H2,1-3H3,(H,31,35). The van der Waals surface area contributed by atoms with E-state index in [-0.39, 0.29) is 33.1 Å². The zero-order chi connectivity index (χ0) is 27.9. The lowest BCUT2D eigenvalue weighted by atomic mass is 10.1. The Morgan fingerprint density at radius 3 is 2.16 bits per heavy atom. The molecule has 0 fully saturated rings. The Labute approximate surface area is 234 Å². The van der Waals surface area contributed by atoms with Crippen LogP contribution < -0.4 is 9.62 Å². The van der Waals surface area contributed by atoms with Crippen LogP contribution in [-0.2, 0) is 26.2 Å². The topological polar surface area (TPSA) is 86.8 Å². The molecule has 0 radical (unpaired) electrons.